The maximum absolute atomic E-state index is 6.33. The Morgan fingerprint density at radius 3 is 1.65 bits per heavy atom. The normalized spacial score (nSPS) is 11.8. The number of hydrogen-bond donors (Lipinski definition) is 2. The topological polar surface area (TPSA) is 68.3 Å². The van der Waals surface area contributed by atoms with Crippen LogP contribution in [-0.4, -0.2) is 36.3 Å². The summed E-state index contributed by atoms with van der Waals surface area (Å²) < 4.78 is 11.1. The van der Waals surface area contributed by atoms with Crippen LogP contribution in [0.4, 0.5) is 11.4 Å². The van der Waals surface area contributed by atoms with Gasteiger partial charge in [0.2, 0.25) is 0 Å². The highest BCUT2D eigenvalue weighted by atomic mass is 35.5. The van der Waals surface area contributed by atoms with Gasteiger partial charge in [0.15, 0.2) is 0 Å². The highest BCUT2D eigenvalue weighted by molar-refractivity contribution is 6.32. The Morgan fingerprint density at radius 1 is 0.625 bits per heavy atom. The number of halogens is 2. The molecule has 6 rings (SSSR count). The molecule has 0 spiro atoms. The van der Waals surface area contributed by atoms with Crippen LogP contribution >= 0.6 is 23.2 Å². The number of fused-ring (bicyclic) bond motifs is 4. The molecule has 6 nitrogen and oxygen atoms in total. The van der Waals surface area contributed by atoms with E-state index in [0.717, 1.165) is 66.5 Å². The Labute approximate surface area is 242 Å². The van der Waals surface area contributed by atoms with Crippen molar-refractivity contribution in [2.45, 2.75) is 19.4 Å². The highest BCUT2D eigenvalue weighted by Gasteiger charge is 2.22. The van der Waals surface area contributed by atoms with Crippen molar-refractivity contribution in [3.05, 3.63) is 82.8 Å². The number of benzene rings is 4. The molecule has 0 atom stereocenters. The summed E-state index contributed by atoms with van der Waals surface area (Å²) in [7, 11) is 3.34. The number of hydrogen-bond acceptors (Lipinski definition) is 6. The Bertz CT molecular complexity index is 1920. The second-order valence-electron chi connectivity index (χ2n) is 10.4. The van der Waals surface area contributed by atoms with Gasteiger partial charge < -0.3 is 20.1 Å². The van der Waals surface area contributed by atoms with Gasteiger partial charge in [0.1, 0.15) is 11.5 Å². The fourth-order valence-electron chi connectivity index (χ4n) is 5.06. The summed E-state index contributed by atoms with van der Waals surface area (Å²) in [5.41, 5.74) is 4.93. The number of nitrogens with one attached hydrogen (secondary N) is 2. The predicted molar refractivity (Wildman–Crippen MR) is 168 cm³/mol. The molecule has 0 amide bonds. The number of nitrogens with zero attached hydrogens (tertiary/aromatic N) is 2. The van der Waals surface area contributed by atoms with Crippen LogP contribution in [-0.2, 0) is 0 Å². The van der Waals surface area contributed by atoms with Crippen molar-refractivity contribution < 1.29 is 9.47 Å². The van der Waals surface area contributed by atoms with Gasteiger partial charge in [-0.3, -0.25) is 0 Å². The van der Waals surface area contributed by atoms with Crippen LogP contribution in [0.25, 0.3) is 43.6 Å². The highest BCUT2D eigenvalue weighted by Crippen LogP contribution is 2.37. The SMILES string of the molecule is COc1ccc2nc3cc(Cl)ccc3c(NCC(C)(C)Nc3c4ccc(Cl)cc4nc4ccc(OC)cc34)c2c1. The van der Waals surface area contributed by atoms with Crippen molar-refractivity contribution in [2.24, 2.45) is 0 Å². The second-order valence-corrected chi connectivity index (χ2v) is 11.3. The lowest BCUT2D eigenvalue weighted by Gasteiger charge is -2.30. The van der Waals surface area contributed by atoms with Gasteiger partial charge in [0.25, 0.3) is 0 Å². The van der Waals surface area contributed by atoms with E-state index in [4.69, 9.17) is 42.6 Å². The molecule has 0 saturated carbocycles. The maximum atomic E-state index is 6.33. The summed E-state index contributed by atoms with van der Waals surface area (Å²) in [4.78, 5) is 9.72. The number of anilines is 2. The van der Waals surface area contributed by atoms with E-state index in [1.807, 2.05) is 72.8 Å². The van der Waals surface area contributed by atoms with Crippen LogP contribution in [0.1, 0.15) is 13.8 Å². The average Bonchev–Trinajstić information content (AvgIpc) is 2.94. The van der Waals surface area contributed by atoms with Gasteiger partial charge in [-0.1, -0.05) is 23.2 Å². The fourth-order valence-corrected chi connectivity index (χ4v) is 5.40. The monoisotopic (exact) mass is 570 g/mol. The van der Waals surface area contributed by atoms with Gasteiger partial charge in [0, 0.05) is 43.7 Å². The van der Waals surface area contributed by atoms with Gasteiger partial charge in [0.05, 0.1) is 47.7 Å². The van der Waals surface area contributed by atoms with E-state index in [1.54, 1.807) is 14.2 Å². The summed E-state index contributed by atoms with van der Waals surface area (Å²) in [6, 6.07) is 23.4. The van der Waals surface area contributed by atoms with Gasteiger partial charge >= 0.3 is 0 Å². The molecular weight excluding hydrogens is 543 g/mol. The van der Waals surface area contributed by atoms with Crippen LogP contribution in [0, 0.1) is 0 Å². The van der Waals surface area contributed by atoms with Crippen molar-refractivity contribution in [2.75, 3.05) is 31.4 Å². The molecule has 0 aliphatic rings. The summed E-state index contributed by atoms with van der Waals surface area (Å²) in [5, 5.41) is 12.7. The largest absolute Gasteiger partial charge is 0.497 e. The van der Waals surface area contributed by atoms with Crippen LogP contribution in [0.5, 0.6) is 11.5 Å². The van der Waals surface area contributed by atoms with Crippen LogP contribution in [0.15, 0.2) is 72.8 Å². The molecular formula is C32H28Cl2N4O2. The summed E-state index contributed by atoms with van der Waals surface area (Å²) in [5.74, 6) is 1.54. The zero-order chi connectivity index (χ0) is 28.0. The second kappa shape index (κ2) is 10.2. The first kappa shape index (κ1) is 26.2. The maximum Gasteiger partial charge on any atom is 0.119 e. The Balaban J connectivity index is 1.43. The third-order valence-electron chi connectivity index (χ3n) is 7.06. The number of ether oxygens (including phenoxy) is 2. The van der Waals surface area contributed by atoms with Crippen LogP contribution < -0.4 is 20.1 Å². The van der Waals surface area contributed by atoms with E-state index >= 15 is 0 Å². The molecule has 4 aromatic carbocycles. The first-order chi connectivity index (χ1) is 19.2. The van der Waals surface area contributed by atoms with Crippen molar-refractivity contribution in [1.82, 2.24) is 9.97 Å². The van der Waals surface area contributed by atoms with Crippen molar-refractivity contribution >= 4 is 78.2 Å². The van der Waals surface area contributed by atoms with E-state index in [2.05, 4.69) is 24.5 Å². The molecule has 2 heterocycles. The fraction of sp³-hybridized carbons (Fsp3) is 0.188. The van der Waals surface area contributed by atoms with E-state index in [9.17, 15) is 0 Å². The lowest BCUT2D eigenvalue weighted by molar-refractivity contribution is 0.415. The van der Waals surface area contributed by atoms with Crippen molar-refractivity contribution in [3.8, 4) is 11.5 Å². The van der Waals surface area contributed by atoms with Crippen LogP contribution in [0.2, 0.25) is 10.0 Å². The number of aromatic nitrogens is 2. The molecule has 0 saturated heterocycles. The molecule has 0 aliphatic heterocycles. The first-order valence-corrected chi connectivity index (χ1v) is 13.7. The van der Waals surface area contributed by atoms with Crippen molar-refractivity contribution in [3.63, 3.8) is 0 Å². The van der Waals surface area contributed by atoms with E-state index in [1.165, 1.54) is 0 Å². The van der Waals surface area contributed by atoms with E-state index in [-0.39, 0.29) is 0 Å². The minimum atomic E-state index is -0.392. The average molecular weight is 572 g/mol. The molecule has 0 fully saturated rings. The summed E-state index contributed by atoms with van der Waals surface area (Å²) in [6.07, 6.45) is 0. The Morgan fingerprint density at radius 2 is 1.12 bits per heavy atom. The van der Waals surface area contributed by atoms with Crippen LogP contribution in [0.3, 0.4) is 0 Å². The van der Waals surface area contributed by atoms with Gasteiger partial charge in [-0.25, -0.2) is 9.97 Å². The molecule has 0 aliphatic carbocycles. The molecule has 0 unspecified atom stereocenters. The minimum absolute atomic E-state index is 0.392. The predicted octanol–water partition coefficient (Wildman–Crippen LogP) is 8.72. The standard InChI is InChI=1S/C32H28Cl2N4O2/c1-32(2,38-31-23-10-6-19(34)14-29(23)37-27-12-8-21(40-4)16-25(27)31)17-35-30-22-9-5-18(33)13-28(22)36-26-11-7-20(39-3)15-24(26)30/h5-16H,17H2,1-4H3,(H,35,36)(H,37,38). The number of pyridine rings is 2. The van der Waals surface area contributed by atoms with Gasteiger partial charge in [-0.2, -0.15) is 0 Å². The molecule has 0 radical (unpaired) electrons. The summed E-state index contributed by atoms with van der Waals surface area (Å²) >= 11 is 12.7. The lowest BCUT2D eigenvalue weighted by atomic mass is 10.0. The van der Waals surface area contributed by atoms with Gasteiger partial charge in [-0.05, 0) is 86.6 Å². The van der Waals surface area contributed by atoms with Gasteiger partial charge in [-0.15, -0.1) is 0 Å². The molecule has 202 valence electrons. The third kappa shape index (κ3) is 4.89. The molecule has 2 N–H and O–H groups in total. The summed E-state index contributed by atoms with van der Waals surface area (Å²) in [6.45, 7) is 4.93. The zero-order valence-corrected chi connectivity index (χ0v) is 24.1. The Kier molecular flexibility index (Phi) is 6.69. The molecule has 40 heavy (non-hydrogen) atoms. The zero-order valence-electron chi connectivity index (χ0n) is 22.6. The smallest absolute Gasteiger partial charge is 0.119 e. The molecule has 8 heteroatoms. The quantitative estimate of drug-likeness (QED) is 0.187. The molecule has 2 aromatic heterocycles. The van der Waals surface area contributed by atoms with Crippen molar-refractivity contribution in [1.29, 1.82) is 0 Å². The molecule has 6 aromatic rings. The number of methoxy groups -OCH3 is 2. The lowest BCUT2D eigenvalue weighted by Crippen LogP contribution is -2.38. The third-order valence-corrected chi connectivity index (χ3v) is 7.53. The Hall–Kier alpha value is -4.00. The number of rotatable bonds is 7. The molecule has 0 bridgehead atoms. The van der Waals surface area contributed by atoms with E-state index in [0.29, 0.717) is 16.6 Å². The first-order valence-electron chi connectivity index (χ1n) is 12.9. The minimum Gasteiger partial charge on any atom is -0.497 e. The van der Waals surface area contributed by atoms with E-state index < -0.39 is 5.54 Å².